The van der Waals surface area contributed by atoms with Gasteiger partial charge in [0.05, 0.1) is 25.4 Å². The highest BCUT2D eigenvalue weighted by Gasteiger charge is 2.39. The number of amides is 1. The minimum absolute atomic E-state index is 0.00457. The first-order chi connectivity index (χ1) is 10.1. The monoisotopic (exact) mass is 297 g/mol. The minimum Gasteiger partial charge on any atom is -0.379 e. The Morgan fingerprint density at radius 1 is 1.29 bits per heavy atom. The molecular formula is C16H31N3O2. The van der Waals surface area contributed by atoms with Gasteiger partial charge in [-0.1, -0.05) is 27.2 Å². The van der Waals surface area contributed by atoms with E-state index in [1.807, 2.05) is 0 Å². The number of hydrogen-bond acceptors (Lipinski definition) is 4. The van der Waals surface area contributed by atoms with Gasteiger partial charge in [0.25, 0.3) is 0 Å². The predicted molar refractivity (Wildman–Crippen MR) is 84.0 cm³/mol. The van der Waals surface area contributed by atoms with E-state index >= 15 is 0 Å². The van der Waals surface area contributed by atoms with Crippen LogP contribution < -0.4 is 5.32 Å². The fourth-order valence-corrected chi connectivity index (χ4v) is 3.25. The Kier molecular flexibility index (Phi) is 6.45. The van der Waals surface area contributed by atoms with Crippen molar-refractivity contribution in [3.05, 3.63) is 0 Å². The largest absolute Gasteiger partial charge is 0.379 e. The summed E-state index contributed by atoms with van der Waals surface area (Å²) < 4.78 is 5.37. The zero-order chi connectivity index (χ0) is 15.2. The van der Waals surface area contributed by atoms with Gasteiger partial charge >= 0.3 is 0 Å². The van der Waals surface area contributed by atoms with Crippen LogP contribution in [0, 0.1) is 5.92 Å². The van der Waals surface area contributed by atoms with Crippen molar-refractivity contribution in [2.45, 2.75) is 52.2 Å². The Morgan fingerprint density at radius 2 is 2.00 bits per heavy atom. The van der Waals surface area contributed by atoms with E-state index in [0.29, 0.717) is 11.8 Å². The van der Waals surface area contributed by atoms with Crippen LogP contribution in [-0.2, 0) is 9.53 Å². The summed E-state index contributed by atoms with van der Waals surface area (Å²) in [6, 6.07) is 0.00457. The summed E-state index contributed by atoms with van der Waals surface area (Å²) in [7, 11) is 0. The summed E-state index contributed by atoms with van der Waals surface area (Å²) in [5, 5.41) is 3.52. The van der Waals surface area contributed by atoms with Crippen LogP contribution in [0.3, 0.4) is 0 Å². The van der Waals surface area contributed by atoms with E-state index in [9.17, 15) is 4.79 Å². The molecule has 0 bridgehead atoms. The number of morpholine rings is 1. The molecule has 0 aliphatic carbocycles. The van der Waals surface area contributed by atoms with Gasteiger partial charge in [-0.25, -0.2) is 0 Å². The highest BCUT2D eigenvalue weighted by Crippen LogP contribution is 2.20. The molecule has 0 aromatic rings. The van der Waals surface area contributed by atoms with Crippen LogP contribution in [0.25, 0.3) is 0 Å². The first-order valence-electron chi connectivity index (χ1n) is 8.50. The number of ether oxygens (including phenoxy) is 1. The number of carbonyl (C=O) groups is 1. The van der Waals surface area contributed by atoms with E-state index in [1.165, 1.54) is 0 Å². The third-order valence-corrected chi connectivity index (χ3v) is 4.50. The molecule has 122 valence electrons. The Balaban J connectivity index is 1.82. The van der Waals surface area contributed by atoms with E-state index in [1.54, 1.807) is 0 Å². The summed E-state index contributed by atoms with van der Waals surface area (Å²) in [6.07, 6.45) is 3.44. The Hall–Kier alpha value is -0.650. The summed E-state index contributed by atoms with van der Waals surface area (Å²) in [4.78, 5) is 17.1. The standard InChI is InChI=1S/C16H31N3O2/c1-4-6-14-17-15(13(2)3)16(20)19(14)8-5-7-18-9-11-21-12-10-18/h13-15,17H,4-12H2,1-3H3. The summed E-state index contributed by atoms with van der Waals surface area (Å²) in [5.41, 5.74) is 0. The van der Waals surface area contributed by atoms with Crippen molar-refractivity contribution >= 4 is 5.91 Å². The minimum atomic E-state index is 0.00457. The van der Waals surface area contributed by atoms with Gasteiger partial charge in [-0.3, -0.25) is 15.0 Å². The molecule has 1 amide bonds. The molecule has 2 unspecified atom stereocenters. The van der Waals surface area contributed by atoms with Crippen LogP contribution in [0.4, 0.5) is 0 Å². The molecule has 0 radical (unpaired) electrons. The average Bonchev–Trinajstić information content (AvgIpc) is 2.78. The molecule has 2 fully saturated rings. The van der Waals surface area contributed by atoms with Gasteiger partial charge in [-0.05, 0) is 18.8 Å². The molecule has 2 heterocycles. The van der Waals surface area contributed by atoms with Gasteiger partial charge < -0.3 is 9.64 Å². The third-order valence-electron chi connectivity index (χ3n) is 4.50. The fraction of sp³-hybridized carbons (Fsp3) is 0.938. The molecule has 0 aromatic carbocycles. The van der Waals surface area contributed by atoms with Gasteiger partial charge in [-0.2, -0.15) is 0 Å². The number of carbonyl (C=O) groups excluding carboxylic acids is 1. The number of hydrogen-bond donors (Lipinski definition) is 1. The first kappa shape index (κ1) is 16.7. The van der Waals surface area contributed by atoms with Crippen molar-refractivity contribution in [2.75, 3.05) is 39.4 Å². The van der Waals surface area contributed by atoms with Gasteiger partial charge in [0.15, 0.2) is 0 Å². The Bertz CT molecular complexity index is 329. The molecule has 2 atom stereocenters. The molecule has 5 nitrogen and oxygen atoms in total. The second kappa shape index (κ2) is 8.11. The van der Waals surface area contributed by atoms with Gasteiger partial charge in [-0.15, -0.1) is 0 Å². The molecule has 21 heavy (non-hydrogen) atoms. The van der Waals surface area contributed by atoms with Gasteiger partial charge in [0.2, 0.25) is 5.91 Å². The second-order valence-electron chi connectivity index (χ2n) is 6.53. The lowest BCUT2D eigenvalue weighted by Crippen LogP contribution is -2.41. The van der Waals surface area contributed by atoms with Crippen LogP contribution in [0.5, 0.6) is 0 Å². The lowest BCUT2D eigenvalue weighted by Gasteiger charge is -2.28. The predicted octanol–water partition coefficient (Wildman–Crippen LogP) is 1.29. The SMILES string of the molecule is CCCC1NC(C(C)C)C(=O)N1CCCN1CCOCC1. The molecule has 2 rings (SSSR count). The lowest BCUT2D eigenvalue weighted by molar-refractivity contribution is -0.130. The van der Waals surface area contributed by atoms with Crippen LogP contribution in [-0.4, -0.2) is 67.3 Å². The summed E-state index contributed by atoms with van der Waals surface area (Å²) >= 11 is 0. The van der Waals surface area contributed by atoms with Gasteiger partial charge in [0, 0.05) is 26.2 Å². The van der Waals surface area contributed by atoms with Crippen molar-refractivity contribution in [3.8, 4) is 0 Å². The topological polar surface area (TPSA) is 44.8 Å². The van der Waals surface area contributed by atoms with Crippen LogP contribution in [0.1, 0.15) is 40.0 Å². The maximum atomic E-state index is 12.5. The zero-order valence-electron chi connectivity index (χ0n) is 13.8. The highest BCUT2D eigenvalue weighted by atomic mass is 16.5. The van der Waals surface area contributed by atoms with E-state index in [4.69, 9.17) is 4.74 Å². The molecule has 0 aromatic heterocycles. The van der Waals surface area contributed by atoms with Gasteiger partial charge in [0.1, 0.15) is 0 Å². The molecule has 0 spiro atoms. The number of nitrogens with one attached hydrogen (secondary N) is 1. The van der Waals surface area contributed by atoms with E-state index in [-0.39, 0.29) is 12.2 Å². The Labute approximate surface area is 129 Å². The molecule has 2 aliphatic heterocycles. The number of nitrogens with zero attached hydrogens (tertiary/aromatic N) is 2. The lowest BCUT2D eigenvalue weighted by atomic mass is 10.1. The Morgan fingerprint density at radius 3 is 2.62 bits per heavy atom. The highest BCUT2D eigenvalue weighted by molar-refractivity contribution is 5.84. The third kappa shape index (κ3) is 4.41. The van der Waals surface area contributed by atoms with Crippen molar-refractivity contribution in [2.24, 2.45) is 5.92 Å². The van der Waals surface area contributed by atoms with E-state index < -0.39 is 0 Å². The second-order valence-corrected chi connectivity index (χ2v) is 6.53. The van der Waals surface area contributed by atoms with Crippen LogP contribution in [0.15, 0.2) is 0 Å². The molecule has 0 saturated carbocycles. The smallest absolute Gasteiger partial charge is 0.241 e. The maximum absolute atomic E-state index is 12.5. The average molecular weight is 297 g/mol. The zero-order valence-corrected chi connectivity index (χ0v) is 13.8. The summed E-state index contributed by atoms with van der Waals surface area (Å²) in [5.74, 6) is 0.659. The normalized spacial score (nSPS) is 27.8. The number of rotatable bonds is 7. The van der Waals surface area contributed by atoms with Crippen molar-refractivity contribution in [3.63, 3.8) is 0 Å². The van der Waals surface area contributed by atoms with Crippen LogP contribution >= 0.6 is 0 Å². The molecule has 5 heteroatoms. The fourth-order valence-electron chi connectivity index (χ4n) is 3.25. The van der Waals surface area contributed by atoms with Crippen molar-refractivity contribution in [1.29, 1.82) is 0 Å². The summed E-state index contributed by atoms with van der Waals surface area (Å²) in [6.45, 7) is 12.1. The van der Waals surface area contributed by atoms with Crippen molar-refractivity contribution < 1.29 is 9.53 Å². The van der Waals surface area contributed by atoms with Crippen LogP contribution in [0.2, 0.25) is 0 Å². The molecule has 1 N–H and O–H groups in total. The van der Waals surface area contributed by atoms with E-state index in [0.717, 1.165) is 58.7 Å². The molecule has 2 aliphatic rings. The first-order valence-corrected chi connectivity index (χ1v) is 8.50. The maximum Gasteiger partial charge on any atom is 0.241 e. The quantitative estimate of drug-likeness (QED) is 0.769. The van der Waals surface area contributed by atoms with E-state index in [2.05, 4.69) is 35.9 Å². The van der Waals surface area contributed by atoms with Crippen molar-refractivity contribution in [1.82, 2.24) is 15.1 Å². The molecule has 2 saturated heterocycles. The molecular weight excluding hydrogens is 266 g/mol.